The molecular formula is C40H72CaN4O. The van der Waals surface area contributed by atoms with E-state index in [1.807, 2.05) is 6.08 Å². The van der Waals surface area contributed by atoms with Crippen LogP contribution in [0.3, 0.4) is 0 Å². The number of hydrogen-bond donors (Lipinski definition) is 0. The second-order valence-corrected chi connectivity index (χ2v) is 16.9. The minimum Gasteiger partial charge on any atom is -0.501 e. The van der Waals surface area contributed by atoms with Crippen LogP contribution in [0.1, 0.15) is 204 Å². The van der Waals surface area contributed by atoms with Crippen molar-refractivity contribution < 1.29 is 4.74 Å². The average molecular weight is 665 g/mol. The quantitative estimate of drug-likeness (QED) is 0.211. The SMILES string of the molecule is C1=COCC1.CCC(C)(C)c1nc(C(C)(C)CC)c(C(C)(C)CC)[n-]1.CCC(C)(C)c1nc(C(C)(C)CC)c(C(C)(C)CC)[n-]1.[Ca+2]. The fourth-order valence-corrected chi connectivity index (χ4v) is 4.50. The van der Waals surface area contributed by atoms with Gasteiger partial charge in [0.2, 0.25) is 0 Å². The fourth-order valence-electron chi connectivity index (χ4n) is 4.50. The minimum absolute atomic E-state index is 0. The molecule has 2 aromatic rings. The maximum atomic E-state index is 5.00. The maximum absolute atomic E-state index is 5.00. The van der Waals surface area contributed by atoms with Gasteiger partial charge in [-0.15, -0.1) is 0 Å². The van der Waals surface area contributed by atoms with Gasteiger partial charge < -0.3 is 24.7 Å². The summed E-state index contributed by atoms with van der Waals surface area (Å²) < 4.78 is 4.76. The van der Waals surface area contributed by atoms with E-state index in [0.717, 1.165) is 63.2 Å². The van der Waals surface area contributed by atoms with Crippen LogP contribution in [0.25, 0.3) is 0 Å². The molecule has 1 aliphatic heterocycles. The molecule has 5 nitrogen and oxygen atoms in total. The average Bonchev–Trinajstić information content (AvgIpc) is 3.79. The van der Waals surface area contributed by atoms with Gasteiger partial charge >= 0.3 is 37.7 Å². The molecule has 0 aromatic carbocycles. The first-order valence-corrected chi connectivity index (χ1v) is 17.9. The summed E-state index contributed by atoms with van der Waals surface area (Å²) in [6.07, 6.45) is 11.3. The summed E-state index contributed by atoms with van der Waals surface area (Å²) >= 11 is 0. The van der Waals surface area contributed by atoms with Crippen LogP contribution in [-0.2, 0) is 37.2 Å². The third-order valence-electron chi connectivity index (χ3n) is 11.0. The van der Waals surface area contributed by atoms with E-state index in [4.69, 9.17) is 24.7 Å². The Morgan fingerprint density at radius 1 is 0.522 bits per heavy atom. The van der Waals surface area contributed by atoms with Gasteiger partial charge in [-0.2, -0.15) is 0 Å². The summed E-state index contributed by atoms with van der Waals surface area (Å²) in [5.74, 6) is 2.04. The van der Waals surface area contributed by atoms with Gasteiger partial charge in [-0.25, -0.2) is 0 Å². The van der Waals surface area contributed by atoms with Gasteiger partial charge in [0.1, 0.15) is 0 Å². The number of hydrogen-bond acceptors (Lipinski definition) is 3. The van der Waals surface area contributed by atoms with Crippen molar-refractivity contribution in [3.63, 3.8) is 0 Å². The number of ether oxygens (including phenoxy) is 1. The van der Waals surface area contributed by atoms with Crippen molar-refractivity contribution in [3.05, 3.63) is 46.8 Å². The maximum Gasteiger partial charge on any atom is 2.00 e. The Kier molecular flexibility index (Phi) is 17.4. The van der Waals surface area contributed by atoms with Crippen LogP contribution in [0.2, 0.25) is 0 Å². The van der Waals surface area contributed by atoms with Crippen molar-refractivity contribution in [2.45, 2.75) is 202 Å². The molecule has 0 atom stereocenters. The Hall–Kier alpha value is -0.780. The number of aromatic nitrogens is 4. The Bertz CT molecular complexity index is 1050. The van der Waals surface area contributed by atoms with Gasteiger partial charge in [0, 0.05) is 6.42 Å². The molecule has 0 N–H and O–H groups in total. The van der Waals surface area contributed by atoms with Gasteiger partial charge in [0.25, 0.3) is 0 Å². The topological polar surface area (TPSA) is 63.2 Å². The zero-order chi connectivity index (χ0) is 35.1. The molecule has 0 saturated heterocycles. The van der Waals surface area contributed by atoms with Gasteiger partial charge in [-0.3, -0.25) is 0 Å². The molecule has 0 aliphatic carbocycles. The first-order valence-electron chi connectivity index (χ1n) is 17.9. The molecule has 0 amide bonds. The number of nitrogens with zero attached hydrogens (tertiary/aromatic N) is 4. The van der Waals surface area contributed by atoms with Crippen molar-refractivity contribution in [3.8, 4) is 0 Å². The van der Waals surface area contributed by atoms with E-state index in [2.05, 4.69) is 125 Å². The molecule has 3 heterocycles. The summed E-state index contributed by atoms with van der Waals surface area (Å²) in [5.41, 5.74) is 5.33. The summed E-state index contributed by atoms with van der Waals surface area (Å²) in [6, 6.07) is 0. The zero-order valence-electron chi connectivity index (χ0n) is 33.7. The number of imidazole rings is 2. The van der Waals surface area contributed by atoms with Crippen molar-refractivity contribution in [1.29, 1.82) is 0 Å². The van der Waals surface area contributed by atoms with Crippen molar-refractivity contribution in [1.82, 2.24) is 19.9 Å². The Labute approximate surface area is 315 Å². The molecule has 0 saturated carbocycles. The smallest absolute Gasteiger partial charge is 0.501 e. The summed E-state index contributed by atoms with van der Waals surface area (Å²) in [7, 11) is 0. The molecule has 0 bridgehead atoms. The monoisotopic (exact) mass is 665 g/mol. The van der Waals surface area contributed by atoms with Crippen LogP contribution in [0.15, 0.2) is 12.3 Å². The van der Waals surface area contributed by atoms with E-state index in [1.165, 1.54) is 22.8 Å². The second kappa shape index (κ2) is 17.7. The summed E-state index contributed by atoms with van der Waals surface area (Å²) in [6.45, 7) is 41.5. The summed E-state index contributed by atoms with van der Waals surface area (Å²) in [5, 5.41) is 0. The van der Waals surface area contributed by atoms with Crippen LogP contribution < -0.4 is 9.97 Å². The van der Waals surface area contributed by atoms with Gasteiger partial charge in [0.15, 0.2) is 0 Å². The van der Waals surface area contributed by atoms with Gasteiger partial charge in [-0.1, -0.05) is 159 Å². The Morgan fingerprint density at radius 2 is 0.826 bits per heavy atom. The van der Waals surface area contributed by atoms with Crippen LogP contribution in [0.4, 0.5) is 0 Å². The third-order valence-corrected chi connectivity index (χ3v) is 11.0. The van der Waals surface area contributed by atoms with E-state index in [-0.39, 0.29) is 70.2 Å². The van der Waals surface area contributed by atoms with Crippen LogP contribution in [0, 0.1) is 0 Å². The molecule has 46 heavy (non-hydrogen) atoms. The molecule has 1 aliphatic rings. The first kappa shape index (κ1) is 45.2. The normalized spacial score (nSPS) is 14.1. The molecule has 260 valence electrons. The van der Waals surface area contributed by atoms with Crippen LogP contribution >= 0.6 is 0 Å². The molecule has 3 rings (SSSR count). The minimum atomic E-state index is 0. The van der Waals surface area contributed by atoms with E-state index >= 15 is 0 Å². The van der Waals surface area contributed by atoms with Crippen molar-refractivity contribution in [2.24, 2.45) is 0 Å². The Morgan fingerprint density at radius 3 is 1.02 bits per heavy atom. The largest absolute Gasteiger partial charge is 2.00 e. The van der Waals surface area contributed by atoms with Crippen molar-refractivity contribution in [2.75, 3.05) is 6.61 Å². The molecule has 0 unspecified atom stereocenters. The molecule has 0 radical (unpaired) electrons. The van der Waals surface area contributed by atoms with Crippen LogP contribution in [0.5, 0.6) is 0 Å². The van der Waals surface area contributed by atoms with E-state index in [0.29, 0.717) is 0 Å². The molecule has 0 spiro atoms. The predicted octanol–water partition coefficient (Wildman–Crippen LogP) is 10.7. The van der Waals surface area contributed by atoms with Crippen molar-refractivity contribution >= 4 is 37.7 Å². The third kappa shape index (κ3) is 11.4. The van der Waals surface area contributed by atoms with E-state index in [1.54, 1.807) is 6.26 Å². The molecular weight excluding hydrogens is 593 g/mol. The van der Waals surface area contributed by atoms with Crippen LogP contribution in [-0.4, -0.2) is 54.3 Å². The molecule has 6 heteroatoms. The predicted molar refractivity (Wildman–Crippen MR) is 200 cm³/mol. The van der Waals surface area contributed by atoms with E-state index in [9.17, 15) is 0 Å². The van der Waals surface area contributed by atoms with E-state index < -0.39 is 0 Å². The molecule has 0 fully saturated rings. The first-order chi connectivity index (χ1) is 20.5. The number of rotatable bonds is 12. The Balaban J connectivity index is 0.000000747. The fraction of sp³-hybridized carbons (Fsp3) is 0.800. The summed E-state index contributed by atoms with van der Waals surface area (Å²) in [4.78, 5) is 20.0. The van der Waals surface area contributed by atoms with Gasteiger partial charge in [-0.05, 0) is 77.1 Å². The second-order valence-electron chi connectivity index (χ2n) is 16.9. The molecule has 2 aromatic heterocycles. The zero-order valence-corrected chi connectivity index (χ0v) is 35.9. The standard InChI is InChI=1S/2C18H33N2.C4H6O.Ca/c2*1-10-16(4,5)13-14(17(6,7)11-2)20-15(19-13)18(8,9)12-3;1-2-4-5-3-1;/h2*10-12H2,1-9H3;1,3H,2,4H2;/q2*-1;;+2. The van der Waals surface area contributed by atoms with Gasteiger partial charge in [0.05, 0.1) is 12.9 Å².